The van der Waals surface area contributed by atoms with Crippen molar-refractivity contribution >= 4 is 16.7 Å². The number of esters is 1. The predicted octanol–water partition coefficient (Wildman–Crippen LogP) is -1.88. The summed E-state index contributed by atoms with van der Waals surface area (Å²) in [6, 6.07) is 10.8. The van der Waals surface area contributed by atoms with Crippen molar-refractivity contribution in [2.24, 2.45) is 0 Å². The molecule has 0 bridgehead atoms. The maximum Gasteiger partial charge on any atom is 0.315 e. The summed E-state index contributed by atoms with van der Waals surface area (Å²) in [5.74, 6) is -0.915. The molecule has 0 aromatic heterocycles. The lowest BCUT2D eigenvalue weighted by Crippen LogP contribution is -2.64. The third-order valence-corrected chi connectivity index (χ3v) is 7.12. The zero-order valence-electron chi connectivity index (χ0n) is 21.3. The highest BCUT2D eigenvalue weighted by molar-refractivity contribution is 5.86. The van der Waals surface area contributed by atoms with Crippen LogP contribution in [-0.2, 0) is 23.7 Å². The van der Waals surface area contributed by atoms with E-state index < -0.39 is 86.5 Å². The number of methoxy groups -OCH3 is 1. The smallest absolute Gasteiger partial charge is 0.315 e. The fourth-order valence-corrected chi connectivity index (χ4v) is 4.62. The van der Waals surface area contributed by atoms with Crippen LogP contribution in [0, 0.1) is 0 Å². The van der Waals surface area contributed by atoms with Crippen LogP contribution < -0.4 is 4.74 Å². The maximum atomic E-state index is 13.2. The molecule has 0 spiro atoms. The van der Waals surface area contributed by atoms with Crippen molar-refractivity contribution in [3.05, 3.63) is 42.0 Å². The van der Waals surface area contributed by atoms with E-state index in [1.54, 1.807) is 32.2 Å². The normalized spacial score (nSPS) is 35.9. The number of ether oxygens (including phenoxy) is 5. The lowest BCUT2D eigenvalue weighted by atomic mass is 9.96. The topological polar surface area (TPSA) is 205 Å². The molecule has 0 radical (unpaired) electrons. The Bertz CT molecular complexity index is 1130. The molecule has 0 amide bonds. The van der Waals surface area contributed by atoms with E-state index in [-0.39, 0.29) is 0 Å². The number of aliphatic hydroxyl groups is 7. The summed E-state index contributed by atoms with van der Waals surface area (Å²) in [6.45, 7) is 0.152. The SMILES string of the molecule is COc1ccc2cc([C@H](C)C(=O)O[C@H]3O[C@@H](CO)[C@H](O)[C@@H](O)[C@@H]3O[C@@H]3O[C@H](CO)[C@@H](O)[C@H](O)[C@H]3O)ccc2c1. The Morgan fingerprint density at radius 3 is 2.05 bits per heavy atom. The van der Waals surface area contributed by atoms with Crippen LogP contribution in [0.3, 0.4) is 0 Å². The van der Waals surface area contributed by atoms with Crippen LogP contribution >= 0.6 is 0 Å². The van der Waals surface area contributed by atoms with E-state index in [4.69, 9.17) is 23.7 Å². The standard InChI is InChI=1S/C26H34O13/c1-11(12-3-4-14-8-15(35-2)6-5-13(14)7-12)24(34)39-26-23(21(32)19(30)17(10-28)37-26)38-25-22(33)20(31)18(29)16(9-27)36-25/h3-8,11,16-23,25-33H,9-10H2,1-2H3/t11-,16+,17-,18+,19-,20-,21+,22+,23-,25-,26+/m0/s1. The number of carbonyl (C=O) groups is 1. The van der Waals surface area contributed by atoms with Crippen molar-refractivity contribution in [2.45, 2.75) is 74.3 Å². The molecule has 216 valence electrons. The third kappa shape index (κ3) is 6.02. The Morgan fingerprint density at radius 2 is 1.41 bits per heavy atom. The maximum absolute atomic E-state index is 13.2. The van der Waals surface area contributed by atoms with Crippen LogP contribution in [0.15, 0.2) is 36.4 Å². The third-order valence-electron chi connectivity index (χ3n) is 7.12. The summed E-state index contributed by atoms with van der Waals surface area (Å²) >= 11 is 0. The predicted molar refractivity (Wildman–Crippen MR) is 131 cm³/mol. The number of benzene rings is 2. The second kappa shape index (κ2) is 12.4. The van der Waals surface area contributed by atoms with Gasteiger partial charge in [0.2, 0.25) is 6.29 Å². The lowest BCUT2D eigenvalue weighted by Gasteiger charge is -2.45. The number of aliphatic hydroxyl groups excluding tert-OH is 7. The van der Waals surface area contributed by atoms with Gasteiger partial charge < -0.3 is 59.4 Å². The quantitative estimate of drug-likeness (QED) is 0.179. The molecule has 2 aromatic rings. The van der Waals surface area contributed by atoms with Crippen molar-refractivity contribution in [2.75, 3.05) is 20.3 Å². The first-order valence-electron chi connectivity index (χ1n) is 12.5. The van der Waals surface area contributed by atoms with E-state index in [9.17, 15) is 40.5 Å². The Morgan fingerprint density at radius 1 is 0.821 bits per heavy atom. The molecule has 2 heterocycles. The van der Waals surface area contributed by atoms with E-state index in [1.807, 2.05) is 18.2 Å². The van der Waals surface area contributed by atoms with Crippen molar-refractivity contribution in [3.63, 3.8) is 0 Å². The molecule has 4 rings (SSSR count). The van der Waals surface area contributed by atoms with Gasteiger partial charge in [0.25, 0.3) is 0 Å². The molecule has 2 saturated heterocycles. The summed E-state index contributed by atoms with van der Waals surface area (Å²) in [5, 5.41) is 72.3. The Labute approximate surface area is 223 Å². The number of carbonyl (C=O) groups excluding carboxylic acids is 1. The highest BCUT2D eigenvalue weighted by Crippen LogP contribution is 2.31. The Kier molecular flexibility index (Phi) is 9.39. The molecule has 2 fully saturated rings. The van der Waals surface area contributed by atoms with Crippen molar-refractivity contribution in [1.29, 1.82) is 0 Å². The average Bonchev–Trinajstić information content (AvgIpc) is 2.95. The number of fused-ring (bicyclic) bond motifs is 1. The molecule has 2 aliphatic heterocycles. The molecule has 0 unspecified atom stereocenters. The van der Waals surface area contributed by atoms with Crippen LogP contribution in [0.4, 0.5) is 0 Å². The summed E-state index contributed by atoms with van der Waals surface area (Å²) in [5.41, 5.74) is 0.610. The molecule has 13 heteroatoms. The van der Waals surface area contributed by atoms with Gasteiger partial charge >= 0.3 is 5.97 Å². The molecule has 11 atom stereocenters. The first-order valence-corrected chi connectivity index (χ1v) is 12.5. The van der Waals surface area contributed by atoms with Gasteiger partial charge in [-0.05, 0) is 35.4 Å². The van der Waals surface area contributed by atoms with Crippen molar-refractivity contribution in [3.8, 4) is 5.75 Å². The highest BCUT2D eigenvalue weighted by Gasteiger charge is 2.51. The Hall–Kier alpha value is -2.43. The van der Waals surface area contributed by atoms with E-state index in [2.05, 4.69) is 0 Å². The number of hydrogen-bond donors (Lipinski definition) is 7. The molecular weight excluding hydrogens is 520 g/mol. The van der Waals surface area contributed by atoms with Crippen molar-refractivity contribution < 1.29 is 64.2 Å². The van der Waals surface area contributed by atoms with E-state index in [0.717, 1.165) is 10.8 Å². The largest absolute Gasteiger partial charge is 0.497 e. The van der Waals surface area contributed by atoms with Crippen LogP contribution in [0.5, 0.6) is 5.75 Å². The minimum Gasteiger partial charge on any atom is -0.497 e. The summed E-state index contributed by atoms with van der Waals surface area (Å²) in [4.78, 5) is 13.2. The summed E-state index contributed by atoms with van der Waals surface area (Å²) in [7, 11) is 1.56. The van der Waals surface area contributed by atoms with Gasteiger partial charge in [-0.2, -0.15) is 0 Å². The van der Waals surface area contributed by atoms with Gasteiger partial charge in [0.05, 0.1) is 26.2 Å². The van der Waals surface area contributed by atoms with E-state index in [1.165, 1.54) is 0 Å². The fraction of sp³-hybridized carbons (Fsp3) is 0.577. The highest BCUT2D eigenvalue weighted by atomic mass is 16.8. The average molecular weight is 555 g/mol. The minimum atomic E-state index is -1.82. The zero-order valence-corrected chi connectivity index (χ0v) is 21.3. The molecule has 39 heavy (non-hydrogen) atoms. The Balaban J connectivity index is 1.53. The van der Waals surface area contributed by atoms with Gasteiger partial charge in [0.15, 0.2) is 12.4 Å². The van der Waals surface area contributed by atoms with Crippen LogP contribution in [0.1, 0.15) is 18.4 Å². The minimum absolute atomic E-state index is 0.610. The molecule has 2 aromatic carbocycles. The molecular formula is C26H34O13. The monoisotopic (exact) mass is 554 g/mol. The molecule has 7 N–H and O–H groups in total. The molecule has 2 aliphatic rings. The van der Waals surface area contributed by atoms with Gasteiger partial charge in [-0.3, -0.25) is 4.79 Å². The second-order valence-corrected chi connectivity index (χ2v) is 9.64. The second-order valence-electron chi connectivity index (χ2n) is 9.64. The molecule has 0 aliphatic carbocycles. The van der Waals surface area contributed by atoms with Crippen LogP contribution in [0.25, 0.3) is 10.8 Å². The van der Waals surface area contributed by atoms with Gasteiger partial charge in [-0.25, -0.2) is 0 Å². The van der Waals surface area contributed by atoms with Crippen LogP contribution in [-0.4, -0.2) is 123 Å². The van der Waals surface area contributed by atoms with E-state index in [0.29, 0.717) is 11.3 Å². The molecule has 13 nitrogen and oxygen atoms in total. The van der Waals surface area contributed by atoms with E-state index >= 15 is 0 Å². The van der Waals surface area contributed by atoms with Crippen LogP contribution in [0.2, 0.25) is 0 Å². The van der Waals surface area contributed by atoms with Gasteiger partial charge in [-0.15, -0.1) is 0 Å². The fourth-order valence-electron chi connectivity index (χ4n) is 4.62. The van der Waals surface area contributed by atoms with Crippen molar-refractivity contribution in [1.82, 2.24) is 0 Å². The van der Waals surface area contributed by atoms with Gasteiger partial charge in [-0.1, -0.05) is 24.3 Å². The molecule has 0 saturated carbocycles. The first kappa shape index (κ1) is 29.6. The summed E-state index contributed by atoms with van der Waals surface area (Å²) < 4.78 is 27.2. The lowest BCUT2D eigenvalue weighted by molar-refractivity contribution is -0.362. The number of hydrogen-bond acceptors (Lipinski definition) is 13. The number of rotatable bonds is 8. The van der Waals surface area contributed by atoms with Gasteiger partial charge in [0, 0.05) is 0 Å². The zero-order chi connectivity index (χ0) is 28.4. The summed E-state index contributed by atoms with van der Waals surface area (Å²) in [6.07, 6.45) is -16.4. The first-order chi connectivity index (χ1) is 18.6. The van der Waals surface area contributed by atoms with Gasteiger partial charge in [0.1, 0.15) is 48.5 Å².